The van der Waals surface area contributed by atoms with Crippen LogP contribution in [0.1, 0.15) is 37.8 Å². The molecule has 0 unspecified atom stereocenters. The van der Waals surface area contributed by atoms with Gasteiger partial charge in [-0.1, -0.05) is 30.3 Å². The number of ether oxygens (including phenoxy) is 1. The zero-order chi connectivity index (χ0) is 16.4. The van der Waals surface area contributed by atoms with E-state index >= 15 is 0 Å². The van der Waals surface area contributed by atoms with Gasteiger partial charge >= 0.3 is 5.97 Å². The molecule has 1 aromatic rings. The first kappa shape index (κ1) is 16.4. The lowest BCUT2D eigenvalue weighted by Crippen LogP contribution is -2.54. The normalized spacial score (nSPS) is 26.0. The number of carbonyl (C=O) groups excluding carboxylic acids is 1. The van der Waals surface area contributed by atoms with Crippen LogP contribution in [0.5, 0.6) is 0 Å². The standard InChI is InChI=1S/C16H22N2O4S/c1-2-22-16(19)15-9-6-11-17(15)23(20,21)18-12-10-14(18)13-7-4-3-5-8-13/h3-5,7-8,14-15H,2,6,9-12H2,1H3/t14-,15-/m1/s1. The van der Waals surface area contributed by atoms with Crippen LogP contribution in [0.15, 0.2) is 30.3 Å². The Balaban J connectivity index is 1.80. The number of benzene rings is 1. The summed E-state index contributed by atoms with van der Waals surface area (Å²) in [4.78, 5) is 12.0. The summed E-state index contributed by atoms with van der Waals surface area (Å²) >= 11 is 0. The van der Waals surface area contributed by atoms with Gasteiger partial charge in [-0.25, -0.2) is 0 Å². The fraction of sp³-hybridized carbons (Fsp3) is 0.562. The lowest BCUT2D eigenvalue weighted by Gasteiger charge is -2.42. The summed E-state index contributed by atoms with van der Waals surface area (Å²) in [5.74, 6) is -0.439. The number of hydrogen-bond acceptors (Lipinski definition) is 4. The Morgan fingerprint density at radius 3 is 2.52 bits per heavy atom. The highest BCUT2D eigenvalue weighted by Crippen LogP contribution is 2.38. The van der Waals surface area contributed by atoms with Gasteiger partial charge in [-0.3, -0.25) is 4.79 Å². The zero-order valence-corrected chi connectivity index (χ0v) is 14.0. The third-order valence-corrected chi connectivity index (χ3v) is 6.57. The maximum Gasteiger partial charge on any atom is 0.324 e. The lowest BCUT2D eigenvalue weighted by molar-refractivity contribution is -0.147. The third-order valence-electron chi connectivity index (χ3n) is 4.51. The third kappa shape index (κ3) is 3.00. The number of carbonyl (C=O) groups is 1. The van der Waals surface area contributed by atoms with E-state index in [1.54, 1.807) is 6.92 Å². The molecule has 0 amide bonds. The molecule has 0 N–H and O–H groups in total. The van der Waals surface area contributed by atoms with Gasteiger partial charge in [0.1, 0.15) is 6.04 Å². The van der Waals surface area contributed by atoms with E-state index in [0.717, 1.165) is 12.0 Å². The van der Waals surface area contributed by atoms with Crippen LogP contribution in [0.2, 0.25) is 0 Å². The van der Waals surface area contributed by atoms with Crippen molar-refractivity contribution in [1.82, 2.24) is 8.61 Å². The number of rotatable bonds is 5. The first-order valence-electron chi connectivity index (χ1n) is 8.06. The molecule has 2 saturated heterocycles. The van der Waals surface area contributed by atoms with Gasteiger partial charge in [0.2, 0.25) is 0 Å². The Hall–Kier alpha value is -1.44. The molecular weight excluding hydrogens is 316 g/mol. The summed E-state index contributed by atoms with van der Waals surface area (Å²) in [6, 6.07) is 8.81. The van der Waals surface area contributed by atoms with Gasteiger partial charge in [-0.05, 0) is 31.7 Å². The molecule has 0 aromatic heterocycles. The first-order chi connectivity index (χ1) is 11.1. The summed E-state index contributed by atoms with van der Waals surface area (Å²) in [7, 11) is -3.65. The zero-order valence-electron chi connectivity index (χ0n) is 13.2. The average molecular weight is 338 g/mol. The molecule has 1 aromatic carbocycles. The van der Waals surface area contributed by atoms with Crippen LogP contribution in [0.4, 0.5) is 0 Å². The van der Waals surface area contributed by atoms with E-state index in [1.165, 1.54) is 8.61 Å². The van der Waals surface area contributed by atoms with Crippen molar-refractivity contribution in [1.29, 1.82) is 0 Å². The minimum Gasteiger partial charge on any atom is -0.465 e. The van der Waals surface area contributed by atoms with Gasteiger partial charge in [0.05, 0.1) is 12.6 Å². The van der Waals surface area contributed by atoms with Crippen LogP contribution >= 0.6 is 0 Å². The van der Waals surface area contributed by atoms with Crippen molar-refractivity contribution in [2.45, 2.75) is 38.3 Å². The molecule has 126 valence electrons. The van der Waals surface area contributed by atoms with E-state index in [4.69, 9.17) is 4.74 Å². The Morgan fingerprint density at radius 2 is 1.91 bits per heavy atom. The summed E-state index contributed by atoms with van der Waals surface area (Å²) < 4.78 is 33.8. The van der Waals surface area contributed by atoms with E-state index in [2.05, 4.69) is 0 Å². The molecule has 2 heterocycles. The van der Waals surface area contributed by atoms with Crippen molar-refractivity contribution in [3.05, 3.63) is 35.9 Å². The van der Waals surface area contributed by atoms with Crippen LogP contribution in [0, 0.1) is 0 Å². The second-order valence-corrected chi connectivity index (χ2v) is 7.69. The van der Waals surface area contributed by atoms with E-state index in [9.17, 15) is 13.2 Å². The van der Waals surface area contributed by atoms with Gasteiger partial charge < -0.3 is 4.74 Å². The Labute approximate surface area is 137 Å². The Kier molecular flexibility index (Phi) is 4.70. The number of nitrogens with zero attached hydrogens (tertiary/aromatic N) is 2. The SMILES string of the molecule is CCOC(=O)[C@H]1CCCN1S(=O)(=O)N1CC[C@@H]1c1ccccc1. The molecule has 0 saturated carbocycles. The monoisotopic (exact) mass is 338 g/mol. The molecule has 6 nitrogen and oxygen atoms in total. The quantitative estimate of drug-likeness (QED) is 0.767. The van der Waals surface area contributed by atoms with Crippen molar-refractivity contribution in [3.63, 3.8) is 0 Å². The highest BCUT2D eigenvalue weighted by Gasteiger charge is 2.47. The van der Waals surface area contributed by atoms with Gasteiger partial charge in [-0.15, -0.1) is 0 Å². The average Bonchev–Trinajstić information content (AvgIpc) is 2.97. The van der Waals surface area contributed by atoms with Crippen molar-refractivity contribution in [3.8, 4) is 0 Å². The molecule has 0 radical (unpaired) electrons. The van der Waals surface area contributed by atoms with Crippen molar-refractivity contribution in [2.24, 2.45) is 0 Å². The van der Waals surface area contributed by atoms with Gasteiger partial charge in [-0.2, -0.15) is 17.0 Å². The summed E-state index contributed by atoms with van der Waals surface area (Å²) in [6.45, 7) is 2.86. The molecule has 2 atom stereocenters. The van der Waals surface area contributed by atoms with Crippen LogP contribution in [0.3, 0.4) is 0 Å². The van der Waals surface area contributed by atoms with E-state index in [0.29, 0.717) is 25.9 Å². The molecule has 23 heavy (non-hydrogen) atoms. The summed E-state index contributed by atoms with van der Waals surface area (Å²) in [6.07, 6.45) is 2.02. The van der Waals surface area contributed by atoms with E-state index in [1.807, 2.05) is 30.3 Å². The molecule has 2 aliphatic heterocycles. The van der Waals surface area contributed by atoms with Crippen molar-refractivity contribution in [2.75, 3.05) is 19.7 Å². The molecule has 2 fully saturated rings. The minimum atomic E-state index is -3.65. The second-order valence-electron chi connectivity index (χ2n) is 5.85. The predicted molar refractivity (Wildman–Crippen MR) is 85.8 cm³/mol. The van der Waals surface area contributed by atoms with Crippen molar-refractivity contribution < 1.29 is 17.9 Å². The highest BCUT2D eigenvalue weighted by atomic mass is 32.2. The smallest absolute Gasteiger partial charge is 0.324 e. The molecule has 7 heteroatoms. The molecule has 0 bridgehead atoms. The lowest BCUT2D eigenvalue weighted by atomic mass is 9.98. The summed E-state index contributed by atoms with van der Waals surface area (Å²) in [5.41, 5.74) is 0.995. The number of hydrogen-bond donors (Lipinski definition) is 0. The summed E-state index contributed by atoms with van der Waals surface area (Å²) in [5, 5.41) is 0. The molecular formula is C16H22N2O4S. The maximum atomic E-state index is 13.0. The van der Waals surface area contributed by atoms with Crippen LogP contribution in [-0.4, -0.2) is 48.7 Å². The molecule has 0 spiro atoms. The van der Waals surface area contributed by atoms with E-state index < -0.39 is 22.2 Å². The molecule has 2 aliphatic rings. The fourth-order valence-corrected chi connectivity index (χ4v) is 5.30. The molecule has 3 rings (SSSR count). The highest BCUT2D eigenvalue weighted by molar-refractivity contribution is 7.86. The van der Waals surface area contributed by atoms with Gasteiger partial charge in [0.15, 0.2) is 0 Å². The van der Waals surface area contributed by atoms with Gasteiger partial charge in [0, 0.05) is 13.1 Å². The Morgan fingerprint density at radius 1 is 1.17 bits per heavy atom. The molecule has 0 aliphatic carbocycles. The fourth-order valence-electron chi connectivity index (χ4n) is 3.27. The van der Waals surface area contributed by atoms with E-state index in [-0.39, 0.29) is 12.6 Å². The largest absolute Gasteiger partial charge is 0.465 e. The van der Waals surface area contributed by atoms with Crippen LogP contribution in [-0.2, 0) is 19.7 Å². The topological polar surface area (TPSA) is 66.9 Å². The van der Waals surface area contributed by atoms with Crippen LogP contribution in [0.25, 0.3) is 0 Å². The van der Waals surface area contributed by atoms with Gasteiger partial charge in [0.25, 0.3) is 10.2 Å². The van der Waals surface area contributed by atoms with Crippen molar-refractivity contribution >= 4 is 16.2 Å². The number of esters is 1. The van der Waals surface area contributed by atoms with Crippen LogP contribution < -0.4 is 0 Å². The first-order valence-corrected chi connectivity index (χ1v) is 9.45. The minimum absolute atomic E-state index is 0.135. The Bertz CT molecular complexity index is 662. The second kappa shape index (κ2) is 6.59. The maximum absolute atomic E-state index is 13.0. The predicted octanol–water partition coefficient (Wildman–Crippen LogP) is 1.71.